The van der Waals surface area contributed by atoms with Crippen molar-refractivity contribution in [3.05, 3.63) is 0 Å². The molecule has 14 heavy (non-hydrogen) atoms. The lowest BCUT2D eigenvalue weighted by Gasteiger charge is -2.16. The molecule has 0 aliphatic carbocycles. The van der Waals surface area contributed by atoms with E-state index in [2.05, 4.69) is 0 Å². The topological polar surface area (TPSA) is 87.0 Å². The lowest BCUT2D eigenvalue weighted by Crippen LogP contribution is -2.37. The van der Waals surface area contributed by atoms with Gasteiger partial charge in [0.2, 0.25) is 0 Å². The average Bonchev–Trinajstić information content (AvgIpc) is 2.32. The Morgan fingerprint density at radius 1 is 1.43 bits per heavy atom. The van der Waals surface area contributed by atoms with Crippen molar-refractivity contribution in [2.24, 2.45) is 0 Å². The summed E-state index contributed by atoms with van der Waals surface area (Å²) in [5.74, 6) is -0.118. The second kappa shape index (κ2) is 4.35. The van der Waals surface area contributed by atoms with Gasteiger partial charge >= 0.3 is 0 Å². The summed E-state index contributed by atoms with van der Waals surface area (Å²) < 4.78 is 5.19. The quantitative estimate of drug-likeness (QED) is 0.539. The van der Waals surface area contributed by atoms with Gasteiger partial charge < -0.3 is 20.1 Å². The molecule has 1 fully saturated rings. The number of ether oxygens (including phenoxy) is 1. The van der Waals surface area contributed by atoms with Crippen molar-refractivity contribution < 1.29 is 24.9 Å². The van der Waals surface area contributed by atoms with Crippen LogP contribution in [-0.2, 0) is 9.53 Å². The smallest absolute Gasteiger partial charge is 0.132 e. The van der Waals surface area contributed by atoms with Crippen molar-refractivity contribution >= 4 is 5.78 Å². The van der Waals surface area contributed by atoms with Gasteiger partial charge in [0.15, 0.2) is 0 Å². The summed E-state index contributed by atoms with van der Waals surface area (Å²) in [6, 6.07) is 0. The zero-order valence-electron chi connectivity index (χ0n) is 8.25. The first-order valence-electron chi connectivity index (χ1n) is 4.62. The van der Waals surface area contributed by atoms with E-state index in [9.17, 15) is 20.1 Å². The van der Waals surface area contributed by atoms with E-state index in [1.807, 2.05) is 0 Å². The van der Waals surface area contributed by atoms with Crippen LogP contribution in [-0.4, -0.2) is 51.6 Å². The highest BCUT2D eigenvalue weighted by Crippen LogP contribution is 2.25. The Morgan fingerprint density at radius 3 is 2.36 bits per heavy atom. The molecule has 0 spiro atoms. The maximum atomic E-state index is 10.8. The number of Topliss-reactive ketones (excluding diaryl/α,β-unsaturated/α-hetero) is 1. The molecule has 3 N–H and O–H groups in total. The largest absolute Gasteiger partial charge is 0.391 e. The van der Waals surface area contributed by atoms with Gasteiger partial charge in [-0.3, -0.25) is 4.79 Å². The molecule has 1 saturated heterocycles. The molecule has 0 aromatic carbocycles. The van der Waals surface area contributed by atoms with Crippen LogP contribution in [0, 0.1) is 0 Å². The zero-order chi connectivity index (χ0) is 10.9. The maximum Gasteiger partial charge on any atom is 0.132 e. The van der Waals surface area contributed by atoms with E-state index >= 15 is 0 Å². The van der Waals surface area contributed by atoms with Crippen molar-refractivity contribution in [1.29, 1.82) is 0 Å². The second-order valence-corrected chi connectivity index (χ2v) is 3.77. The molecular weight excluding hydrogens is 188 g/mol. The van der Waals surface area contributed by atoms with E-state index in [0.717, 1.165) is 0 Å². The summed E-state index contributed by atoms with van der Waals surface area (Å²) in [5, 5.41) is 28.2. The highest BCUT2D eigenvalue weighted by atomic mass is 16.6. The van der Waals surface area contributed by atoms with Gasteiger partial charge in [0.1, 0.15) is 24.1 Å². The molecule has 0 saturated carbocycles. The van der Waals surface area contributed by atoms with Gasteiger partial charge in [-0.1, -0.05) is 0 Å². The predicted molar refractivity (Wildman–Crippen MR) is 47.7 cm³/mol. The summed E-state index contributed by atoms with van der Waals surface area (Å²) in [4.78, 5) is 10.8. The first-order chi connectivity index (χ1) is 6.43. The highest BCUT2D eigenvalue weighted by Gasteiger charge is 2.44. The predicted octanol–water partition coefficient (Wildman–Crippen LogP) is -1.16. The molecule has 5 nitrogen and oxygen atoms in total. The number of hydrogen-bond acceptors (Lipinski definition) is 5. The van der Waals surface area contributed by atoms with Crippen molar-refractivity contribution in [2.45, 2.75) is 50.8 Å². The maximum absolute atomic E-state index is 10.8. The van der Waals surface area contributed by atoms with Gasteiger partial charge in [-0.2, -0.15) is 0 Å². The van der Waals surface area contributed by atoms with Crippen LogP contribution in [0.4, 0.5) is 0 Å². The Bertz CT molecular complexity index is 215. The van der Waals surface area contributed by atoms with Crippen LogP contribution in [0.25, 0.3) is 0 Å². The number of aliphatic hydroxyl groups excluding tert-OH is 3. The molecule has 1 rings (SSSR count). The molecule has 0 amide bonds. The highest BCUT2D eigenvalue weighted by molar-refractivity contribution is 5.76. The van der Waals surface area contributed by atoms with Crippen molar-refractivity contribution in [2.75, 3.05) is 0 Å². The summed E-state index contributed by atoms with van der Waals surface area (Å²) >= 11 is 0. The zero-order valence-corrected chi connectivity index (χ0v) is 8.25. The molecule has 0 aromatic heterocycles. The Hall–Kier alpha value is -0.490. The minimum absolute atomic E-state index is 0.0570. The van der Waals surface area contributed by atoms with E-state index in [1.165, 1.54) is 13.8 Å². The van der Waals surface area contributed by atoms with Crippen LogP contribution in [0.2, 0.25) is 0 Å². The molecule has 5 atom stereocenters. The van der Waals surface area contributed by atoms with Gasteiger partial charge in [-0.25, -0.2) is 0 Å². The molecule has 1 unspecified atom stereocenters. The third kappa shape index (κ3) is 2.30. The Morgan fingerprint density at radius 2 is 2.00 bits per heavy atom. The number of carbonyl (C=O) groups excluding carboxylic acids is 1. The molecule has 0 bridgehead atoms. The summed E-state index contributed by atoms with van der Waals surface area (Å²) in [5.41, 5.74) is 0. The molecule has 82 valence electrons. The SMILES string of the molecule is CC(=O)C[C@@H]1OC([C@H](C)O)[C@H](O)[C@H]1O. The molecule has 0 aromatic rings. The number of aliphatic hydroxyl groups is 3. The van der Waals surface area contributed by atoms with E-state index in [0.29, 0.717) is 0 Å². The Balaban J connectivity index is 2.62. The van der Waals surface area contributed by atoms with Gasteiger partial charge in [-0.15, -0.1) is 0 Å². The van der Waals surface area contributed by atoms with Gasteiger partial charge in [-0.05, 0) is 13.8 Å². The molecule has 5 heteroatoms. The first kappa shape index (κ1) is 11.6. The minimum atomic E-state index is -1.13. The van der Waals surface area contributed by atoms with Crippen molar-refractivity contribution in [1.82, 2.24) is 0 Å². The van der Waals surface area contributed by atoms with Crippen LogP contribution in [0.15, 0.2) is 0 Å². The molecule has 1 aliphatic heterocycles. The van der Waals surface area contributed by atoms with Crippen LogP contribution >= 0.6 is 0 Å². The van der Waals surface area contributed by atoms with Crippen molar-refractivity contribution in [3.8, 4) is 0 Å². The van der Waals surface area contributed by atoms with Crippen LogP contribution in [0.3, 0.4) is 0 Å². The Labute approximate surface area is 82.3 Å². The monoisotopic (exact) mass is 204 g/mol. The normalized spacial score (nSPS) is 39.8. The number of rotatable bonds is 3. The lowest BCUT2D eigenvalue weighted by atomic mass is 10.0. The number of hydrogen-bond donors (Lipinski definition) is 3. The standard InChI is InChI=1S/C9H16O5/c1-4(10)3-6-7(12)8(13)9(14-6)5(2)11/h5-9,11-13H,3H2,1-2H3/t5-,6-,7-,8+,9?/m0/s1. The number of ketones is 1. The van der Waals surface area contributed by atoms with E-state index in [-0.39, 0.29) is 12.2 Å². The first-order valence-corrected chi connectivity index (χ1v) is 4.62. The number of carbonyl (C=O) groups is 1. The van der Waals surface area contributed by atoms with Crippen LogP contribution in [0.5, 0.6) is 0 Å². The van der Waals surface area contributed by atoms with Gasteiger partial charge in [0.05, 0.1) is 12.2 Å². The van der Waals surface area contributed by atoms with E-state index in [1.54, 1.807) is 0 Å². The summed E-state index contributed by atoms with van der Waals surface area (Å²) in [6.45, 7) is 2.86. The van der Waals surface area contributed by atoms with Crippen LogP contribution < -0.4 is 0 Å². The third-order valence-electron chi connectivity index (χ3n) is 2.36. The summed E-state index contributed by atoms with van der Waals surface area (Å²) in [7, 11) is 0. The molecule has 1 aliphatic rings. The van der Waals surface area contributed by atoms with Gasteiger partial charge in [0, 0.05) is 6.42 Å². The van der Waals surface area contributed by atoms with E-state index in [4.69, 9.17) is 4.74 Å². The Kier molecular flexibility index (Phi) is 3.60. The molecule has 0 radical (unpaired) electrons. The van der Waals surface area contributed by atoms with Crippen LogP contribution in [0.1, 0.15) is 20.3 Å². The fourth-order valence-electron chi connectivity index (χ4n) is 1.63. The minimum Gasteiger partial charge on any atom is -0.391 e. The third-order valence-corrected chi connectivity index (χ3v) is 2.36. The average molecular weight is 204 g/mol. The van der Waals surface area contributed by atoms with Gasteiger partial charge in [0.25, 0.3) is 0 Å². The lowest BCUT2D eigenvalue weighted by molar-refractivity contribution is -0.122. The van der Waals surface area contributed by atoms with E-state index < -0.39 is 30.5 Å². The van der Waals surface area contributed by atoms with Crippen molar-refractivity contribution in [3.63, 3.8) is 0 Å². The fraction of sp³-hybridized carbons (Fsp3) is 0.889. The summed E-state index contributed by atoms with van der Waals surface area (Å²) in [6.07, 6.45) is -4.55. The second-order valence-electron chi connectivity index (χ2n) is 3.77. The molecule has 1 heterocycles. The molecular formula is C9H16O5. The fourth-order valence-corrected chi connectivity index (χ4v) is 1.63.